The number of benzene rings is 1. The topological polar surface area (TPSA) is 41.1 Å². The van der Waals surface area contributed by atoms with Crippen molar-refractivity contribution in [1.29, 1.82) is 0 Å². The predicted molar refractivity (Wildman–Crippen MR) is 86.8 cm³/mol. The van der Waals surface area contributed by atoms with E-state index in [0.717, 1.165) is 23.2 Å². The first-order valence-electron chi connectivity index (χ1n) is 7.62. The normalized spacial score (nSPS) is 20.6. The summed E-state index contributed by atoms with van der Waals surface area (Å²) in [4.78, 5) is 12.3. The van der Waals surface area contributed by atoms with Crippen LogP contribution < -0.4 is 10.9 Å². The summed E-state index contributed by atoms with van der Waals surface area (Å²) in [6.45, 7) is 10.7. The summed E-state index contributed by atoms with van der Waals surface area (Å²) in [5.41, 5.74) is 10.1. The second kappa shape index (κ2) is 5.92. The molecule has 0 radical (unpaired) electrons. The largest absolute Gasteiger partial charge is 0.303 e. The van der Waals surface area contributed by atoms with Crippen molar-refractivity contribution in [2.75, 3.05) is 0 Å². The van der Waals surface area contributed by atoms with Gasteiger partial charge in [0.15, 0.2) is 0 Å². The van der Waals surface area contributed by atoms with E-state index in [0.29, 0.717) is 5.92 Å². The fourth-order valence-corrected chi connectivity index (χ4v) is 3.30. The molecule has 0 saturated carbocycles. The fourth-order valence-electron chi connectivity index (χ4n) is 3.30. The molecule has 3 nitrogen and oxygen atoms in total. The molecular weight excluding hydrogens is 260 g/mol. The SMILES string of the molecule is Cc1ccc(C(=O)NNC2=CC(C)(C)C[C@@H](C)C2)c(C)c1. The van der Waals surface area contributed by atoms with E-state index < -0.39 is 0 Å². The highest BCUT2D eigenvalue weighted by atomic mass is 16.2. The van der Waals surface area contributed by atoms with Gasteiger partial charge in [-0.1, -0.05) is 44.5 Å². The summed E-state index contributed by atoms with van der Waals surface area (Å²) in [5.74, 6) is 0.551. The Hall–Kier alpha value is -1.77. The molecule has 0 aliphatic heterocycles. The number of rotatable bonds is 3. The van der Waals surface area contributed by atoms with Crippen LogP contribution in [0.5, 0.6) is 0 Å². The van der Waals surface area contributed by atoms with Crippen LogP contribution in [0.15, 0.2) is 30.0 Å². The Balaban J connectivity index is 2.03. The number of carbonyl (C=O) groups is 1. The van der Waals surface area contributed by atoms with Crippen LogP contribution in [-0.4, -0.2) is 5.91 Å². The van der Waals surface area contributed by atoms with Crippen LogP contribution >= 0.6 is 0 Å². The molecule has 1 aromatic carbocycles. The number of hydrazine groups is 1. The monoisotopic (exact) mass is 286 g/mol. The number of hydrogen-bond donors (Lipinski definition) is 2. The van der Waals surface area contributed by atoms with Crippen molar-refractivity contribution < 1.29 is 4.79 Å². The average Bonchev–Trinajstić information content (AvgIpc) is 2.33. The summed E-state index contributed by atoms with van der Waals surface area (Å²) in [6, 6.07) is 5.87. The highest BCUT2D eigenvalue weighted by Crippen LogP contribution is 2.35. The lowest BCUT2D eigenvalue weighted by atomic mass is 9.76. The lowest BCUT2D eigenvalue weighted by molar-refractivity contribution is 0.0935. The minimum Gasteiger partial charge on any atom is -0.303 e. The van der Waals surface area contributed by atoms with Crippen molar-refractivity contribution in [2.24, 2.45) is 11.3 Å². The van der Waals surface area contributed by atoms with Gasteiger partial charge in [-0.05, 0) is 49.7 Å². The third-order valence-corrected chi connectivity index (χ3v) is 3.97. The molecule has 114 valence electrons. The van der Waals surface area contributed by atoms with Crippen molar-refractivity contribution in [1.82, 2.24) is 10.9 Å². The van der Waals surface area contributed by atoms with Gasteiger partial charge in [-0.3, -0.25) is 10.2 Å². The molecule has 21 heavy (non-hydrogen) atoms. The molecule has 3 heteroatoms. The van der Waals surface area contributed by atoms with E-state index in [1.165, 1.54) is 12.0 Å². The van der Waals surface area contributed by atoms with E-state index >= 15 is 0 Å². The van der Waals surface area contributed by atoms with Gasteiger partial charge in [0.05, 0.1) is 0 Å². The first-order valence-corrected chi connectivity index (χ1v) is 7.62. The molecule has 1 aliphatic carbocycles. The van der Waals surface area contributed by atoms with Gasteiger partial charge in [-0.2, -0.15) is 0 Å². The van der Waals surface area contributed by atoms with Crippen molar-refractivity contribution >= 4 is 5.91 Å². The van der Waals surface area contributed by atoms with Crippen molar-refractivity contribution in [3.8, 4) is 0 Å². The number of carbonyl (C=O) groups excluding carboxylic acids is 1. The number of allylic oxidation sites excluding steroid dienone is 2. The quantitative estimate of drug-likeness (QED) is 0.828. The van der Waals surface area contributed by atoms with Crippen LogP contribution in [0.4, 0.5) is 0 Å². The van der Waals surface area contributed by atoms with Crippen molar-refractivity contribution in [3.63, 3.8) is 0 Å². The molecule has 1 amide bonds. The molecule has 1 atom stereocenters. The van der Waals surface area contributed by atoms with Gasteiger partial charge in [0.1, 0.15) is 0 Å². The Labute approximate surface area is 127 Å². The molecule has 0 spiro atoms. The number of aryl methyl sites for hydroxylation is 2. The summed E-state index contributed by atoms with van der Waals surface area (Å²) >= 11 is 0. The molecular formula is C18H26N2O. The van der Waals surface area contributed by atoms with Gasteiger partial charge in [-0.15, -0.1) is 0 Å². The number of amides is 1. The summed E-state index contributed by atoms with van der Waals surface area (Å²) in [5, 5.41) is 0. The third kappa shape index (κ3) is 4.10. The van der Waals surface area contributed by atoms with Crippen LogP contribution in [0.2, 0.25) is 0 Å². The molecule has 0 unspecified atom stereocenters. The Kier molecular flexibility index (Phi) is 4.40. The van der Waals surface area contributed by atoms with Crippen LogP contribution in [0.3, 0.4) is 0 Å². The smallest absolute Gasteiger partial charge is 0.269 e. The van der Waals surface area contributed by atoms with Gasteiger partial charge < -0.3 is 5.43 Å². The zero-order valence-electron chi connectivity index (χ0n) is 13.7. The molecule has 0 aromatic heterocycles. The van der Waals surface area contributed by atoms with Crippen LogP contribution in [0.25, 0.3) is 0 Å². The van der Waals surface area contributed by atoms with E-state index in [2.05, 4.69) is 37.7 Å². The Morgan fingerprint density at radius 3 is 2.62 bits per heavy atom. The Morgan fingerprint density at radius 1 is 1.29 bits per heavy atom. The van der Waals surface area contributed by atoms with E-state index in [4.69, 9.17) is 0 Å². The van der Waals surface area contributed by atoms with Crippen molar-refractivity contribution in [3.05, 3.63) is 46.7 Å². The predicted octanol–water partition coefficient (Wildman–Crippen LogP) is 3.88. The summed E-state index contributed by atoms with van der Waals surface area (Å²) in [7, 11) is 0. The lowest BCUT2D eigenvalue weighted by Crippen LogP contribution is -2.39. The fraction of sp³-hybridized carbons (Fsp3) is 0.500. The van der Waals surface area contributed by atoms with Crippen LogP contribution in [0, 0.1) is 25.2 Å². The zero-order valence-corrected chi connectivity index (χ0v) is 13.7. The number of nitrogens with one attached hydrogen (secondary N) is 2. The second-order valence-electron chi connectivity index (χ2n) is 7.07. The van der Waals surface area contributed by atoms with E-state index in [1.54, 1.807) is 0 Å². The molecule has 2 N–H and O–H groups in total. The Morgan fingerprint density at radius 2 is 2.00 bits per heavy atom. The second-order valence-corrected chi connectivity index (χ2v) is 7.07. The van der Waals surface area contributed by atoms with Crippen LogP contribution in [0.1, 0.15) is 55.1 Å². The number of hydrogen-bond acceptors (Lipinski definition) is 2. The van der Waals surface area contributed by atoms with Crippen LogP contribution in [-0.2, 0) is 0 Å². The highest BCUT2D eigenvalue weighted by molar-refractivity contribution is 5.95. The van der Waals surface area contributed by atoms with Gasteiger partial charge in [0, 0.05) is 11.3 Å². The molecule has 1 aliphatic rings. The molecule has 1 aromatic rings. The minimum atomic E-state index is -0.0792. The molecule has 2 rings (SSSR count). The van der Waals surface area contributed by atoms with E-state index in [9.17, 15) is 4.79 Å². The maximum atomic E-state index is 12.3. The van der Waals surface area contributed by atoms with Gasteiger partial charge in [0.25, 0.3) is 5.91 Å². The minimum absolute atomic E-state index is 0.0792. The maximum Gasteiger partial charge on any atom is 0.269 e. The first kappa shape index (κ1) is 15.6. The third-order valence-electron chi connectivity index (χ3n) is 3.97. The van der Waals surface area contributed by atoms with Gasteiger partial charge >= 0.3 is 0 Å². The standard InChI is InChI=1S/C18H26N2O/c1-12-6-7-16(14(3)8-12)17(21)20-19-15-9-13(2)10-18(4,5)11-15/h6-8,11,13,19H,9-10H2,1-5H3,(H,20,21)/t13-/m0/s1. The average molecular weight is 286 g/mol. The lowest BCUT2D eigenvalue weighted by Gasteiger charge is -2.32. The van der Waals surface area contributed by atoms with Gasteiger partial charge in [0.2, 0.25) is 0 Å². The highest BCUT2D eigenvalue weighted by Gasteiger charge is 2.25. The van der Waals surface area contributed by atoms with E-state index in [1.807, 2.05) is 32.0 Å². The Bertz CT molecular complexity index is 573. The summed E-state index contributed by atoms with van der Waals surface area (Å²) < 4.78 is 0. The van der Waals surface area contributed by atoms with E-state index in [-0.39, 0.29) is 11.3 Å². The van der Waals surface area contributed by atoms with Gasteiger partial charge in [-0.25, -0.2) is 0 Å². The van der Waals surface area contributed by atoms with Crippen molar-refractivity contribution in [2.45, 2.75) is 47.5 Å². The first-order chi connectivity index (χ1) is 9.77. The summed E-state index contributed by atoms with van der Waals surface area (Å²) in [6.07, 6.45) is 4.40. The molecule has 0 fully saturated rings. The molecule has 0 heterocycles. The maximum absolute atomic E-state index is 12.3. The zero-order chi connectivity index (χ0) is 15.6. The molecule has 0 saturated heterocycles. The molecule has 0 bridgehead atoms.